The number of aliphatic hydroxyl groups is 1. The zero-order valence-electron chi connectivity index (χ0n) is 12.0. The molecule has 0 bridgehead atoms. The zero-order valence-corrected chi connectivity index (χ0v) is 12.0. The highest BCUT2D eigenvalue weighted by Gasteiger charge is 2.44. The number of aryl methyl sites for hydroxylation is 1. The molecule has 0 aromatic heterocycles. The third kappa shape index (κ3) is 3.48. The maximum Gasteiger partial charge on any atom is 0.119 e. The summed E-state index contributed by atoms with van der Waals surface area (Å²) >= 11 is 0. The zero-order chi connectivity index (χ0) is 13.7. The normalized spacial score (nSPS) is 18.1. The first kappa shape index (κ1) is 14.4. The van der Waals surface area contributed by atoms with Crippen molar-refractivity contribution in [2.75, 3.05) is 20.3 Å². The molecular weight excluding hydrogens is 238 g/mol. The number of hydrogen-bond donors (Lipinski definition) is 2. The summed E-state index contributed by atoms with van der Waals surface area (Å²) < 4.78 is 5.87. The maximum atomic E-state index is 9.64. The van der Waals surface area contributed by atoms with Crippen molar-refractivity contribution >= 4 is 0 Å². The number of benzene rings is 1. The molecule has 1 aliphatic carbocycles. The number of nitrogens with one attached hydrogen (secondary N) is 1. The van der Waals surface area contributed by atoms with Crippen molar-refractivity contribution < 1.29 is 9.84 Å². The van der Waals surface area contributed by atoms with Gasteiger partial charge in [0.15, 0.2) is 0 Å². The van der Waals surface area contributed by atoms with Crippen molar-refractivity contribution in [2.24, 2.45) is 5.92 Å². The van der Waals surface area contributed by atoms with Gasteiger partial charge in [-0.2, -0.15) is 0 Å². The summed E-state index contributed by atoms with van der Waals surface area (Å²) in [7, 11) is 1.91. The molecule has 0 heterocycles. The van der Waals surface area contributed by atoms with E-state index in [0.29, 0.717) is 12.5 Å². The molecule has 1 saturated carbocycles. The van der Waals surface area contributed by atoms with Crippen LogP contribution in [-0.2, 0) is 6.42 Å². The van der Waals surface area contributed by atoms with Crippen molar-refractivity contribution in [3.63, 3.8) is 0 Å². The lowest BCUT2D eigenvalue weighted by molar-refractivity contribution is 0.0915. The first-order chi connectivity index (χ1) is 9.24. The third-order valence-corrected chi connectivity index (χ3v) is 4.10. The second-order valence-electron chi connectivity index (χ2n) is 5.52. The Morgan fingerprint density at radius 2 is 2.00 bits per heavy atom. The quantitative estimate of drug-likeness (QED) is 0.756. The number of likely N-dealkylation sites (N-methyl/N-ethyl adjacent to an activating group) is 1. The highest BCUT2D eigenvalue weighted by molar-refractivity contribution is 5.27. The second kappa shape index (κ2) is 6.40. The van der Waals surface area contributed by atoms with Crippen molar-refractivity contribution in [3.8, 4) is 5.75 Å². The van der Waals surface area contributed by atoms with E-state index < -0.39 is 0 Å². The van der Waals surface area contributed by atoms with E-state index in [1.165, 1.54) is 18.4 Å². The molecule has 1 aromatic rings. The van der Waals surface area contributed by atoms with Crippen LogP contribution in [0.25, 0.3) is 0 Å². The molecule has 3 heteroatoms. The van der Waals surface area contributed by atoms with E-state index in [-0.39, 0.29) is 12.1 Å². The first-order valence-electron chi connectivity index (χ1n) is 7.25. The molecule has 19 heavy (non-hydrogen) atoms. The highest BCUT2D eigenvalue weighted by atomic mass is 16.5. The maximum absolute atomic E-state index is 9.64. The molecule has 106 valence electrons. The van der Waals surface area contributed by atoms with Crippen LogP contribution in [0.15, 0.2) is 24.3 Å². The smallest absolute Gasteiger partial charge is 0.119 e. The summed E-state index contributed by atoms with van der Waals surface area (Å²) in [4.78, 5) is 0. The predicted molar refractivity (Wildman–Crippen MR) is 77.5 cm³/mol. The molecule has 2 rings (SSSR count). The van der Waals surface area contributed by atoms with Crippen molar-refractivity contribution in [3.05, 3.63) is 29.8 Å². The Balaban J connectivity index is 1.93. The summed E-state index contributed by atoms with van der Waals surface area (Å²) in [6, 6.07) is 8.29. The lowest BCUT2D eigenvalue weighted by atomic mass is 9.95. The van der Waals surface area contributed by atoms with Crippen LogP contribution < -0.4 is 10.1 Å². The molecule has 1 aromatic carbocycles. The molecule has 1 unspecified atom stereocenters. The Labute approximate surface area is 116 Å². The van der Waals surface area contributed by atoms with Crippen LogP contribution in [0.2, 0.25) is 0 Å². The van der Waals surface area contributed by atoms with E-state index in [0.717, 1.165) is 18.6 Å². The number of ether oxygens (including phenoxy) is 1. The fourth-order valence-electron chi connectivity index (χ4n) is 2.54. The Morgan fingerprint density at radius 3 is 2.47 bits per heavy atom. The molecule has 3 nitrogen and oxygen atoms in total. The van der Waals surface area contributed by atoms with E-state index in [2.05, 4.69) is 24.4 Å². The largest absolute Gasteiger partial charge is 0.492 e. The van der Waals surface area contributed by atoms with Gasteiger partial charge in [0.2, 0.25) is 0 Å². The van der Waals surface area contributed by atoms with Gasteiger partial charge in [-0.25, -0.2) is 0 Å². The second-order valence-corrected chi connectivity index (χ2v) is 5.52. The molecule has 0 aliphatic heterocycles. The monoisotopic (exact) mass is 263 g/mol. The van der Waals surface area contributed by atoms with Gasteiger partial charge in [-0.15, -0.1) is 0 Å². The fourth-order valence-corrected chi connectivity index (χ4v) is 2.54. The highest BCUT2D eigenvalue weighted by Crippen LogP contribution is 2.39. The predicted octanol–water partition coefficient (Wildman–Crippen LogP) is 2.38. The molecule has 1 aliphatic rings. The van der Waals surface area contributed by atoms with E-state index in [1.807, 2.05) is 19.2 Å². The van der Waals surface area contributed by atoms with Gasteiger partial charge in [0.25, 0.3) is 0 Å². The molecule has 1 atom stereocenters. The van der Waals surface area contributed by atoms with Crippen molar-refractivity contribution in [2.45, 2.75) is 38.1 Å². The van der Waals surface area contributed by atoms with Gasteiger partial charge >= 0.3 is 0 Å². The Hall–Kier alpha value is -1.06. The Bertz CT molecular complexity index is 380. The molecule has 0 saturated heterocycles. The van der Waals surface area contributed by atoms with Gasteiger partial charge in [0.05, 0.1) is 12.1 Å². The van der Waals surface area contributed by atoms with Gasteiger partial charge in [-0.1, -0.05) is 25.5 Å². The van der Waals surface area contributed by atoms with Crippen LogP contribution in [0, 0.1) is 5.92 Å². The Kier molecular flexibility index (Phi) is 4.83. The fraction of sp³-hybridized carbons (Fsp3) is 0.625. The van der Waals surface area contributed by atoms with E-state index in [1.54, 1.807) is 0 Å². The van der Waals surface area contributed by atoms with Crippen LogP contribution in [-0.4, -0.2) is 30.9 Å². The summed E-state index contributed by atoms with van der Waals surface area (Å²) in [5, 5.41) is 12.9. The lowest BCUT2D eigenvalue weighted by Gasteiger charge is -2.31. The summed E-state index contributed by atoms with van der Waals surface area (Å²) in [6.45, 7) is 2.84. The Morgan fingerprint density at radius 1 is 1.32 bits per heavy atom. The third-order valence-electron chi connectivity index (χ3n) is 4.10. The van der Waals surface area contributed by atoms with Crippen LogP contribution in [0.3, 0.4) is 0 Å². The number of rotatable bonds is 8. The van der Waals surface area contributed by atoms with Crippen LogP contribution in [0.4, 0.5) is 0 Å². The minimum Gasteiger partial charge on any atom is -0.492 e. The lowest BCUT2D eigenvalue weighted by Crippen LogP contribution is -2.53. The molecule has 0 spiro atoms. The van der Waals surface area contributed by atoms with Crippen molar-refractivity contribution in [1.29, 1.82) is 0 Å². The first-order valence-corrected chi connectivity index (χ1v) is 7.25. The summed E-state index contributed by atoms with van der Waals surface area (Å²) in [5.74, 6) is 1.43. The minimum absolute atomic E-state index is 0.127. The number of hydrogen-bond acceptors (Lipinski definition) is 3. The van der Waals surface area contributed by atoms with Gasteiger partial charge in [0, 0.05) is 0 Å². The minimum atomic E-state index is -0.276. The van der Waals surface area contributed by atoms with Gasteiger partial charge in [0.1, 0.15) is 12.4 Å². The van der Waals surface area contributed by atoms with Gasteiger partial charge in [-0.3, -0.25) is 0 Å². The standard InChI is InChI=1S/C16H25NO2/c1-3-4-13-5-9-15(10-6-13)19-12-16(11-18,17-2)14-7-8-14/h5-6,9-10,14,17-18H,3-4,7-8,11-12H2,1-2H3. The van der Waals surface area contributed by atoms with E-state index >= 15 is 0 Å². The summed E-state index contributed by atoms with van der Waals surface area (Å²) in [5.41, 5.74) is 1.07. The topological polar surface area (TPSA) is 41.5 Å². The molecule has 1 fully saturated rings. The molecule has 0 radical (unpaired) electrons. The van der Waals surface area contributed by atoms with Gasteiger partial charge < -0.3 is 15.2 Å². The van der Waals surface area contributed by atoms with E-state index in [4.69, 9.17) is 4.74 Å². The van der Waals surface area contributed by atoms with Gasteiger partial charge in [-0.05, 0) is 49.9 Å². The summed E-state index contributed by atoms with van der Waals surface area (Å²) in [6.07, 6.45) is 4.63. The van der Waals surface area contributed by atoms with Crippen molar-refractivity contribution in [1.82, 2.24) is 5.32 Å². The molecule has 0 amide bonds. The van der Waals surface area contributed by atoms with Crippen LogP contribution >= 0.6 is 0 Å². The molecule has 2 N–H and O–H groups in total. The average Bonchev–Trinajstić information content (AvgIpc) is 3.28. The SMILES string of the molecule is CCCc1ccc(OCC(CO)(NC)C2CC2)cc1. The van der Waals surface area contributed by atoms with Crippen LogP contribution in [0.5, 0.6) is 5.75 Å². The molecular formula is C16H25NO2. The average molecular weight is 263 g/mol. The van der Waals surface area contributed by atoms with E-state index in [9.17, 15) is 5.11 Å². The number of aliphatic hydroxyl groups excluding tert-OH is 1. The van der Waals surface area contributed by atoms with Crippen LogP contribution in [0.1, 0.15) is 31.7 Å².